The third-order valence-electron chi connectivity index (χ3n) is 8.70. The van der Waals surface area contributed by atoms with Crippen LogP contribution < -0.4 is 10.6 Å². The van der Waals surface area contributed by atoms with Gasteiger partial charge in [0.2, 0.25) is 0 Å². The van der Waals surface area contributed by atoms with Crippen molar-refractivity contribution in [3.8, 4) is 11.1 Å². The molecule has 0 amide bonds. The predicted molar refractivity (Wildman–Crippen MR) is 192 cm³/mol. The average Bonchev–Trinajstić information content (AvgIpc) is 3.09. The lowest BCUT2D eigenvalue weighted by Gasteiger charge is -2.27. The number of hydrogen-bond acceptors (Lipinski definition) is 2. The Balaban J connectivity index is 1.28. The molecule has 3 unspecified atom stereocenters. The Bertz CT molecular complexity index is 1900. The predicted octanol–water partition coefficient (Wildman–Crippen LogP) is 11.8. The molecule has 220 valence electrons. The van der Waals surface area contributed by atoms with E-state index in [0.717, 1.165) is 29.2 Å². The van der Waals surface area contributed by atoms with E-state index in [1.165, 1.54) is 33.4 Å². The fourth-order valence-corrected chi connectivity index (χ4v) is 6.54. The van der Waals surface area contributed by atoms with Crippen LogP contribution in [-0.2, 0) is 0 Å². The van der Waals surface area contributed by atoms with Crippen LogP contribution in [0.1, 0.15) is 41.9 Å². The zero-order chi connectivity index (χ0) is 30.4. The summed E-state index contributed by atoms with van der Waals surface area (Å²) in [4.78, 5) is 0. The van der Waals surface area contributed by atoms with Crippen LogP contribution in [0.3, 0.4) is 0 Å². The van der Waals surface area contributed by atoms with Crippen LogP contribution in [0.25, 0.3) is 16.7 Å². The lowest BCUT2D eigenvalue weighted by atomic mass is 9.76. The summed E-state index contributed by atoms with van der Waals surface area (Å²) < 4.78 is 0. The molecule has 5 aromatic carbocycles. The fraction of sp³-hybridized carbons (Fsp3) is 0.116. The Morgan fingerprint density at radius 2 is 1.20 bits per heavy atom. The number of benzene rings is 5. The van der Waals surface area contributed by atoms with Crippen molar-refractivity contribution >= 4 is 28.3 Å². The first-order valence-corrected chi connectivity index (χ1v) is 15.9. The maximum atomic E-state index is 3.75. The van der Waals surface area contributed by atoms with E-state index in [9.17, 15) is 0 Å². The van der Waals surface area contributed by atoms with Crippen LogP contribution >= 0.6 is 0 Å². The first kappa shape index (κ1) is 28.4. The van der Waals surface area contributed by atoms with Gasteiger partial charge in [0.1, 0.15) is 0 Å². The van der Waals surface area contributed by atoms with Gasteiger partial charge in [-0.15, -0.1) is 0 Å². The first-order chi connectivity index (χ1) is 22.2. The second-order valence-electron chi connectivity index (χ2n) is 12.1. The molecule has 0 aliphatic heterocycles. The molecule has 0 spiro atoms. The molecule has 2 nitrogen and oxygen atoms in total. The van der Waals surface area contributed by atoms with E-state index in [1.807, 2.05) is 6.07 Å². The third kappa shape index (κ3) is 6.61. The smallest absolute Gasteiger partial charge is 0.0411 e. The highest BCUT2D eigenvalue weighted by Crippen LogP contribution is 2.43. The van der Waals surface area contributed by atoms with E-state index in [0.29, 0.717) is 5.92 Å². The van der Waals surface area contributed by atoms with Crippen LogP contribution in [0.15, 0.2) is 170 Å². The van der Waals surface area contributed by atoms with Gasteiger partial charge in [-0.05, 0) is 88.2 Å². The fourth-order valence-electron chi connectivity index (χ4n) is 6.54. The summed E-state index contributed by atoms with van der Waals surface area (Å²) in [6, 6.07) is 45.6. The molecule has 2 N–H and O–H groups in total. The Labute approximate surface area is 267 Å². The summed E-state index contributed by atoms with van der Waals surface area (Å²) >= 11 is 0. The lowest BCUT2D eigenvalue weighted by Crippen LogP contribution is -2.10. The number of para-hydroxylation sites is 1. The van der Waals surface area contributed by atoms with Crippen LogP contribution in [0.2, 0.25) is 0 Å². The average molecular weight is 583 g/mol. The SMILES string of the molecule is CC1C=C(c2cccc(Nc3cc(Nc4ccccc4)cc(-c4ccccc4C4C=CC=CC4c4ccccc4)c3)c2)C=CC1. The maximum absolute atomic E-state index is 3.75. The molecule has 0 radical (unpaired) electrons. The highest BCUT2D eigenvalue weighted by molar-refractivity contribution is 5.82. The molecule has 0 saturated carbocycles. The van der Waals surface area contributed by atoms with Crippen molar-refractivity contribution in [3.05, 3.63) is 187 Å². The van der Waals surface area contributed by atoms with Gasteiger partial charge in [0.05, 0.1) is 0 Å². The summed E-state index contributed by atoms with van der Waals surface area (Å²) in [7, 11) is 0. The van der Waals surface area contributed by atoms with E-state index in [1.54, 1.807) is 0 Å². The van der Waals surface area contributed by atoms with Gasteiger partial charge in [-0.1, -0.05) is 134 Å². The monoisotopic (exact) mass is 582 g/mol. The Morgan fingerprint density at radius 1 is 0.556 bits per heavy atom. The molecule has 0 heterocycles. The van der Waals surface area contributed by atoms with Gasteiger partial charge in [-0.25, -0.2) is 0 Å². The molecule has 2 aliphatic rings. The minimum absolute atomic E-state index is 0.228. The Hall–Kier alpha value is -5.34. The van der Waals surface area contributed by atoms with Gasteiger partial charge in [0.25, 0.3) is 0 Å². The second kappa shape index (κ2) is 13.1. The van der Waals surface area contributed by atoms with Crippen molar-refractivity contribution in [1.29, 1.82) is 0 Å². The Kier molecular flexibility index (Phi) is 8.29. The van der Waals surface area contributed by atoms with Gasteiger partial charge < -0.3 is 10.6 Å². The van der Waals surface area contributed by atoms with Gasteiger partial charge in [0.15, 0.2) is 0 Å². The molecular formula is C43H38N2. The molecule has 5 aromatic rings. The van der Waals surface area contributed by atoms with Gasteiger partial charge in [0, 0.05) is 34.6 Å². The van der Waals surface area contributed by atoms with Crippen molar-refractivity contribution in [2.24, 2.45) is 5.92 Å². The molecule has 2 heteroatoms. The zero-order valence-electron chi connectivity index (χ0n) is 25.6. The molecular weight excluding hydrogens is 544 g/mol. The molecule has 0 fully saturated rings. The van der Waals surface area contributed by atoms with Crippen molar-refractivity contribution in [3.63, 3.8) is 0 Å². The van der Waals surface area contributed by atoms with E-state index >= 15 is 0 Å². The first-order valence-electron chi connectivity index (χ1n) is 15.9. The number of hydrogen-bond donors (Lipinski definition) is 2. The molecule has 3 atom stereocenters. The summed E-state index contributed by atoms with van der Waals surface area (Å²) in [5, 5.41) is 7.41. The van der Waals surface area contributed by atoms with Crippen molar-refractivity contribution in [2.75, 3.05) is 10.6 Å². The largest absolute Gasteiger partial charge is 0.355 e. The standard InChI is InChI=1S/C43H38N2/c1-31-14-12-17-33(26-31)34-18-13-21-37(27-34)45-39-29-35(28-38(30-39)44-36-19-6-3-7-20-36)41-23-9-11-25-43(41)42-24-10-8-22-40(42)32-15-4-2-5-16-32/h2-13,15-31,40,42,44-45H,14H2,1H3. The molecule has 2 aliphatic carbocycles. The van der Waals surface area contributed by atoms with Crippen LogP contribution in [0.5, 0.6) is 0 Å². The quantitative estimate of drug-likeness (QED) is 0.190. The van der Waals surface area contributed by atoms with Crippen LogP contribution in [0.4, 0.5) is 22.7 Å². The second-order valence-corrected chi connectivity index (χ2v) is 12.1. The van der Waals surface area contributed by atoms with E-state index in [2.05, 4.69) is 181 Å². The van der Waals surface area contributed by atoms with Gasteiger partial charge >= 0.3 is 0 Å². The van der Waals surface area contributed by atoms with Gasteiger partial charge in [-0.3, -0.25) is 0 Å². The summed E-state index contributed by atoms with van der Waals surface area (Å²) in [6.45, 7) is 2.28. The van der Waals surface area contributed by atoms with E-state index in [4.69, 9.17) is 0 Å². The van der Waals surface area contributed by atoms with E-state index in [-0.39, 0.29) is 11.8 Å². The highest BCUT2D eigenvalue weighted by atomic mass is 14.9. The Morgan fingerprint density at radius 3 is 1.98 bits per heavy atom. The maximum Gasteiger partial charge on any atom is 0.0411 e. The van der Waals surface area contributed by atoms with Crippen molar-refractivity contribution in [1.82, 2.24) is 0 Å². The number of allylic oxidation sites excluding steroid dienone is 8. The number of nitrogens with one attached hydrogen (secondary N) is 2. The van der Waals surface area contributed by atoms with Gasteiger partial charge in [-0.2, -0.15) is 0 Å². The third-order valence-corrected chi connectivity index (χ3v) is 8.70. The molecule has 0 aromatic heterocycles. The number of rotatable bonds is 8. The summed E-state index contributed by atoms with van der Waals surface area (Å²) in [5.74, 6) is 1.06. The minimum Gasteiger partial charge on any atom is -0.355 e. The molecule has 45 heavy (non-hydrogen) atoms. The minimum atomic E-state index is 0.228. The number of anilines is 4. The summed E-state index contributed by atoms with van der Waals surface area (Å²) in [6.07, 6.45) is 17.0. The zero-order valence-corrected chi connectivity index (χ0v) is 25.6. The van der Waals surface area contributed by atoms with Crippen molar-refractivity contribution < 1.29 is 0 Å². The molecule has 7 rings (SSSR count). The topological polar surface area (TPSA) is 24.1 Å². The summed E-state index contributed by atoms with van der Waals surface area (Å²) in [5.41, 5.74) is 11.8. The molecule has 0 saturated heterocycles. The van der Waals surface area contributed by atoms with Crippen molar-refractivity contribution in [2.45, 2.75) is 25.2 Å². The van der Waals surface area contributed by atoms with Crippen LogP contribution in [-0.4, -0.2) is 0 Å². The van der Waals surface area contributed by atoms with E-state index < -0.39 is 0 Å². The molecule has 0 bridgehead atoms. The highest BCUT2D eigenvalue weighted by Gasteiger charge is 2.24. The normalized spacial score (nSPS) is 18.8. The van der Waals surface area contributed by atoms with Crippen LogP contribution in [0, 0.1) is 5.92 Å². The lowest BCUT2D eigenvalue weighted by molar-refractivity contribution is 0.731.